The zero-order chi connectivity index (χ0) is 19.9. The van der Waals surface area contributed by atoms with Gasteiger partial charge in [-0.05, 0) is 56.9 Å². The third-order valence-corrected chi connectivity index (χ3v) is 6.44. The summed E-state index contributed by atoms with van der Waals surface area (Å²) in [6, 6.07) is 3.53. The summed E-state index contributed by atoms with van der Waals surface area (Å²) in [4.78, 5) is 4.43. The van der Waals surface area contributed by atoms with Gasteiger partial charge in [-0.25, -0.2) is 21.5 Å². The van der Waals surface area contributed by atoms with E-state index in [2.05, 4.69) is 15.6 Å². The summed E-state index contributed by atoms with van der Waals surface area (Å²) in [7, 11) is -3.14. The van der Waals surface area contributed by atoms with Crippen LogP contribution in [0, 0.1) is 11.6 Å². The van der Waals surface area contributed by atoms with Gasteiger partial charge in [-0.1, -0.05) is 0 Å². The van der Waals surface area contributed by atoms with Crippen molar-refractivity contribution in [3.8, 4) is 0 Å². The predicted octanol–water partition coefficient (Wildman–Crippen LogP) is 1.88. The molecule has 152 valence electrons. The van der Waals surface area contributed by atoms with Crippen LogP contribution in [0.3, 0.4) is 0 Å². The summed E-state index contributed by atoms with van der Waals surface area (Å²) in [6.07, 6.45) is 1.69. The van der Waals surface area contributed by atoms with E-state index >= 15 is 0 Å². The fourth-order valence-corrected chi connectivity index (χ4v) is 4.13. The van der Waals surface area contributed by atoms with Gasteiger partial charge in [0.1, 0.15) is 11.6 Å². The van der Waals surface area contributed by atoms with Crippen LogP contribution in [-0.2, 0) is 16.4 Å². The summed E-state index contributed by atoms with van der Waals surface area (Å²) < 4.78 is 52.3. The molecule has 0 saturated carbocycles. The predicted molar refractivity (Wildman–Crippen MR) is 103 cm³/mol. The van der Waals surface area contributed by atoms with Crippen LogP contribution in [0.5, 0.6) is 0 Å². The second kappa shape index (κ2) is 9.98. The molecule has 1 aromatic rings. The van der Waals surface area contributed by atoms with Crippen LogP contribution in [0.1, 0.15) is 32.3 Å². The quantitative estimate of drug-likeness (QED) is 0.540. The molecule has 2 rings (SSSR count). The van der Waals surface area contributed by atoms with Gasteiger partial charge in [-0.2, -0.15) is 0 Å². The zero-order valence-electron chi connectivity index (χ0n) is 15.8. The fraction of sp³-hybridized carbons (Fsp3) is 0.611. The van der Waals surface area contributed by atoms with E-state index in [1.54, 1.807) is 6.92 Å². The molecule has 0 atom stereocenters. The molecule has 1 aliphatic heterocycles. The van der Waals surface area contributed by atoms with Crippen molar-refractivity contribution in [1.82, 2.24) is 14.9 Å². The van der Waals surface area contributed by atoms with E-state index in [-0.39, 0.29) is 11.8 Å². The molecule has 1 heterocycles. The average molecular weight is 403 g/mol. The Hall–Kier alpha value is -1.74. The number of nitrogens with zero attached hydrogens (tertiary/aromatic N) is 2. The highest BCUT2D eigenvalue weighted by atomic mass is 32.2. The number of sulfonamides is 1. The molecule has 0 aromatic heterocycles. The highest BCUT2D eigenvalue weighted by Gasteiger charge is 2.26. The lowest BCUT2D eigenvalue weighted by Gasteiger charge is -2.32. The lowest BCUT2D eigenvalue weighted by atomic mass is 10.1. The summed E-state index contributed by atoms with van der Waals surface area (Å²) >= 11 is 0. The van der Waals surface area contributed by atoms with Gasteiger partial charge in [0.05, 0.1) is 5.75 Å². The lowest BCUT2D eigenvalue weighted by Crippen LogP contribution is -2.50. The van der Waals surface area contributed by atoms with Gasteiger partial charge in [0, 0.05) is 32.2 Å². The van der Waals surface area contributed by atoms with Gasteiger partial charge in [-0.3, -0.25) is 4.99 Å². The van der Waals surface area contributed by atoms with Crippen molar-refractivity contribution in [2.75, 3.05) is 31.9 Å². The number of benzene rings is 1. The molecule has 2 N–H and O–H groups in total. The number of aliphatic imine (C=N–C) groups is 1. The van der Waals surface area contributed by atoms with Gasteiger partial charge in [0.15, 0.2) is 5.96 Å². The molecular weight excluding hydrogens is 374 g/mol. The molecule has 6 nitrogen and oxygen atoms in total. The molecule has 27 heavy (non-hydrogen) atoms. The Labute approximate surface area is 160 Å². The number of hydrogen-bond acceptors (Lipinski definition) is 3. The molecule has 0 unspecified atom stereocenters. The van der Waals surface area contributed by atoms with Crippen molar-refractivity contribution >= 4 is 16.0 Å². The Morgan fingerprint density at radius 2 is 1.96 bits per heavy atom. The van der Waals surface area contributed by atoms with Crippen LogP contribution in [-0.4, -0.2) is 56.7 Å². The summed E-state index contributed by atoms with van der Waals surface area (Å²) in [5.74, 6) is -0.180. The van der Waals surface area contributed by atoms with E-state index in [1.807, 2.05) is 6.92 Å². The van der Waals surface area contributed by atoms with Crippen LogP contribution in [0.25, 0.3) is 0 Å². The standard InChI is InChI=1S/C18H28F2N4O2S/c1-3-21-18(22-10-7-14-13-15(19)5-6-17(14)20)23-16-8-11-24(12-9-16)27(25,26)4-2/h5-6,13,16H,3-4,7-12H2,1-2H3,(H2,21,22,23). The molecule has 0 radical (unpaired) electrons. The average Bonchev–Trinajstić information content (AvgIpc) is 2.65. The molecule has 0 amide bonds. The van der Waals surface area contributed by atoms with Crippen LogP contribution in [0.4, 0.5) is 8.78 Å². The minimum Gasteiger partial charge on any atom is -0.357 e. The van der Waals surface area contributed by atoms with Gasteiger partial charge in [0.25, 0.3) is 0 Å². The molecule has 1 fully saturated rings. The van der Waals surface area contributed by atoms with Crippen molar-refractivity contribution in [3.05, 3.63) is 35.4 Å². The van der Waals surface area contributed by atoms with E-state index in [9.17, 15) is 17.2 Å². The maximum absolute atomic E-state index is 13.7. The first-order valence-electron chi connectivity index (χ1n) is 9.32. The highest BCUT2D eigenvalue weighted by Crippen LogP contribution is 2.14. The molecule has 1 aliphatic rings. The fourth-order valence-electron chi connectivity index (χ4n) is 3.00. The van der Waals surface area contributed by atoms with Gasteiger partial charge >= 0.3 is 0 Å². The lowest BCUT2D eigenvalue weighted by molar-refractivity contribution is 0.306. The smallest absolute Gasteiger partial charge is 0.213 e. The van der Waals surface area contributed by atoms with Crippen molar-refractivity contribution in [2.24, 2.45) is 4.99 Å². The number of halogens is 2. The van der Waals surface area contributed by atoms with Crippen LogP contribution in [0.2, 0.25) is 0 Å². The van der Waals surface area contributed by atoms with E-state index in [4.69, 9.17) is 0 Å². The van der Waals surface area contributed by atoms with Gasteiger partial charge < -0.3 is 10.6 Å². The Morgan fingerprint density at radius 1 is 1.26 bits per heavy atom. The molecule has 0 spiro atoms. The van der Waals surface area contributed by atoms with E-state index in [1.165, 1.54) is 10.4 Å². The number of rotatable bonds is 7. The first kappa shape index (κ1) is 21.6. The highest BCUT2D eigenvalue weighted by molar-refractivity contribution is 7.89. The Morgan fingerprint density at radius 3 is 2.59 bits per heavy atom. The first-order valence-corrected chi connectivity index (χ1v) is 10.9. The molecule has 0 bridgehead atoms. The second-order valence-electron chi connectivity index (χ2n) is 6.46. The SMILES string of the molecule is CCNC(=NCCc1cc(F)ccc1F)NC1CCN(S(=O)(=O)CC)CC1. The van der Waals surface area contributed by atoms with Crippen molar-refractivity contribution in [1.29, 1.82) is 0 Å². The molecule has 1 aromatic carbocycles. The normalized spacial score (nSPS) is 17.1. The summed E-state index contributed by atoms with van der Waals surface area (Å²) in [6.45, 7) is 5.56. The minimum atomic E-state index is -3.14. The third-order valence-electron chi connectivity index (χ3n) is 4.56. The van der Waals surface area contributed by atoms with E-state index in [0.29, 0.717) is 57.0 Å². The van der Waals surface area contributed by atoms with Crippen LogP contribution < -0.4 is 10.6 Å². The Balaban J connectivity index is 1.90. The van der Waals surface area contributed by atoms with Crippen LogP contribution >= 0.6 is 0 Å². The van der Waals surface area contributed by atoms with Gasteiger partial charge in [-0.15, -0.1) is 0 Å². The van der Waals surface area contributed by atoms with E-state index < -0.39 is 21.7 Å². The Bertz CT molecular complexity index is 748. The number of guanidine groups is 1. The minimum absolute atomic E-state index is 0.117. The monoisotopic (exact) mass is 402 g/mol. The third kappa shape index (κ3) is 6.42. The van der Waals surface area contributed by atoms with Crippen molar-refractivity contribution < 1.29 is 17.2 Å². The van der Waals surface area contributed by atoms with E-state index in [0.717, 1.165) is 12.1 Å². The zero-order valence-corrected chi connectivity index (χ0v) is 16.7. The maximum atomic E-state index is 13.7. The molecule has 1 saturated heterocycles. The van der Waals surface area contributed by atoms with Crippen LogP contribution in [0.15, 0.2) is 23.2 Å². The van der Waals surface area contributed by atoms with Gasteiger partial charge in [0.2, 0.25) is 10.0 Å². The number of nitrogens with one attached hydrogen (secondary N) is 2. The largest absolute Gasteiger partial charge is 0.357 e. The molecular formula is C18H28F2N4O2S. The van der Waals surface area contributed by atoms with Crippen molar-refractivity contribution in [3.63, 3.8) is 0 Å². The second-order valence-corrected chi connectivity index (χ2v) is 8.72. The first-order chi connectivity index (χ1) is 12.9. The number of piperidine rings is 1. The number of hydrogen-bond donors (Lipinski definition) is 2. The molecule has 9 heteroatoms. The summed E-state index contributed by atoms with van der Waals surface area (Å²) in [5, 5.41) is 6.44. The maximum Gasteiger partial charge on any atom is 0.213 e. The van der Waals surface area contributed by atoms with Crippen molar-refractivity contribution in [2.45, 2.75) is 39.2 Å². The topological polar surface area (TPSA) is 73.8 Å². The summed E-state index contributed by atoms with van der Waals surface area (Å²) in [5.41, 5.74) is 0.299. The molecule has 0 aliphatic carbocycles. The Kier molecular flexibility index (Phi) is 7.97.